The van der Waals surface area contributed by atoms with E-state index in [1.165, 1.54) is 11.3 Å². The zero-order chi connectivity index (χ0) is 21.5. The van der Waals surface area contributed by atoms with Crippen molar-refractivity contribution >= 4 is 34.5 Å². The Balaban J connectivity index is 1.53. The molecule has 31 heavy (non-hydrogen) atoms. The molecule has 0 bridgehead atoms. The zero-order valence-electron chi connectivity index (χ0n) is 17.1. The van der Waals surface area contributed by atoms with E-state index < -0.39 is 6.04 Å². The molecule has 0 saturated carbocycles. The molecular weight excluding hydrogens is 410 g/mol. The van der Waals surface area contributed by atoms with E-state index in [2.05, 4.69) is 15.5 Å². The highest BCUT2D eigenvalue weighted by molar-refractivity contribution is 7.12. The first-order valence-electron chi connectivity index (χ1n) is 10.3. The van der Waals surface area contributed by atoms with Crippen LogP contribution in [0.3, 0.4) is 0 Å². The quantitative estimate of drug-likeness (QED) is 0.595. The van der Waals surface area contributed by atoms with Gasteiger partial charge in [0.1, 0.15) is 6.04 Å². The molecule has 0 aliphatic carbocycles. The number of nitrogens with zero attached hydrogens (tertiary/aromatic N) is 1. The maximum absolute atomic E-state index is 13.3. The van der Waals surface area contributed by atoms with Gasteiger partial charge in [0.2, 0.25) is 5.91 Å². The number of anilines is 2. The summed E-state index contributed by atoms with van der Waals surface area (Å²) in [5.41, 5.74) is 2.68. The molecule has 2 aromatic carbocycles. The van der Waals surface area contributed by atoms with Gasteiger partial charge < -0.3 is 20.3 Å². The molecule has 1 aromatic heterocycles. The predicted molar refractivity (Wildman–Crippen MR) is 124 cm³/mol. The van der Waals surface area contributed by atoms with E-state index >= 15 is 0 Å². The Bertz CT molecular complexity index is 1000. The van der Waals surface area contributed by atoms with Crippen molar-refractivity contribution in [3.05, 3.63) is 82.6 Å². The van der Waals surface area contributed by atoms with Crippen molar-refractivity contribution in [1.82, 2.24) is 5.32 Å². The van der Waals surface area contributed by atoms with Crippen LogP contribution >= 0.6 is 11.3 Å². The number of benzene rings is 2. The molecule has 160 valence electrons. The van der Waals surface area contributed by atoms with E-state index in [4.69, 9.17) is 4.74 Å². The van der Waals surface area contributed by atoms with Crippen molar-refractivity contribution in [3.8, 4) is 0 Å². The van der Waals surface area contributed by atoms with Crippen LogP contribution in [0, 0.1) is 0 Å². The highest BCUT2D eigenvalue weighted by Gasteiger charge is 2.24. The summed E-state index contributed by atoms with van der Waals surface area (Å²) in [6.45, 7) is 2.87. The number of thiophene rings is 1. The van der Waals surface area contributed by atoms with Gasteiger partial charge in [0.25, 0.3) is 5.91 Å². The van der Waals surface area contributed by atoms with Gasteiger partial charge in [0.15, 0.2) is 0 Å². The summed E-state index contributed by atoms with van der Waals surface area (Å²) in [4.78, 5) is 28.8. The fourth-order valence-electron chi connectivity index (χ4n) is 3.58. The molecule has 4 rings (SSSR count). The number of carbonyl (C=O) groups excluding carboxylic acids is 2. The van der Waals surface area contributed by atoms with Crippen LogP contribution in [0.25, 0.3) is 0 Å². The van der Waals surface area contributed by atoms with Crippen molar-refractivity contribution in [2.45, 2.75) is 12.5 Å². The summed E-state index contributed by atoms with van der Waals surface area (Å²) < 4.78 is 5.45. The minimum absolute atomic E-state index is 0.241. The molecule has 2 heterocycles. The summed E-state index contributed by atoms with van der Waals surface area (Å²) in [5, 5.41) is 7.81. The lowest BCUT2D eigenvalue weighted by Crippen LogP contribution is -2.45. The molecule has 1 aliphatic heterocycles. The minimum Gasteiger partial charge on any atom is -0.378 e. The Morgan fingerprint density at radius 2 is 1.71 bits per heavy atom. The summed E-state index contributed by atoms with van der Waals surface area (Å²) in [6, 6.07) is 20.3. The number of rotatable bonds is 7. The molecule has 1 fully saturated rings. The number of amides is 2. The second-order valence-corrected chi connectivity index (χ2v) is 8.25. The van der Waals surface area contributed by atoms with Crippen molar-refractivity contribution < 1.29 is 14.3 Å². The molecule has 1 atom stereocenters. The highest BCUT2D eigenvalue weighted by atomic mass is 32.1. The van der Waals surface area contributed by atoms with Gasteiger partial charge in [-0.25, -0.2) is 0 Å². The van der Waals surface area contributed by atoms with Gasteiger partial charge in [-0.05, 0) is 29.1 Å². The van der Waals surface area contributed by atoms with Gasteiger partial charge in [0.05, 0.1) is 29.5 Å². The van der Waals surface area contributed by atoms with Crippen LogP contribution in [0.5, 0.6) is 0 Å². The number of nitrogens with one attached hydrogen (secondary N) is 2. The van der Waals surface area contributed by atoms with Gasteiger partial charge in [-0.2, -0.15) is 0 Å². The summed E-state index contributed by atoms with van der Waals surface area (Å²) in [5.74, 6) is -0.484. The Morgan fingerprint density at radius 1 is 0.968 bits per heavy atom. The molecule has 0 spiro atoms. The molecule has 7 heteroatoms. The number of carbonyl (C=O) groups is 2. The second kappa shape index (κ2) is 10.2. The third-order valence-electron chi connectivity index (χ3n) is 5.16. The molecule has 3 aromatic rings. The van der Waals surface area contributed by atoms with Gasteiger partial charge in [-0.3, -0.25) is 9.59 Å². The Morgan fingerprint density at radius 3 is 2.45 bits per heavy atom. The smallest absolute Gasteiger partial charge is 0.262 e. The monoisotopic (exact) mass is 435 g/mol. The first-order valence-corrected chi connectivity index (χ1v) is 11.2. The number of hydrogen-bond acceptors (Lipinski definition) is 5. The lowest BCUT2D eigenvalue weighted by molar-refractivity contribution is -0.118. The minimum atomic E-state index is -0.699. The van der Waals surface area contributed by atoms with E-state index in [1.807, 2.05) is 66.0 Å². The van der Waals surface area contributed by atoms with E-state index in [-0.39, 0.29) is 11.8 Å². The third-order valence-corrected chi connectivity index (χ3v) is 6.03. The number of ether oxygens (including phenoxy) is 1. The maximum atomic E-state index is 13.3. The van der Waals surface area contributed by atoms with E-state index in [1.54, 1.807) is 6.07 Å². The fraction of sp³-hybridized carbons (Fsp3) is 0.250. The van der Waals surface area contributed by atoms with E-state index in [0.29, 0.717) is 24.5 Å². The molecular formula is C24H25N3O3S. The van der Waals surface area contributed by atoms with Crippen LogP contribution in [-0.2, 0) is 16.0 Å². The van der Waals surface area contributed by atoms with Crippen molar-refractivity contribution in [1.29, 1.82) is 0 Å². The number of hydrogen-bond donors (Lipinski definition) is 2. The lowest BCUT2D eigenvalue weighted by Gasteiger charge is -2.31. The van der Waals surface area contributed by atoms with Gasteiger partial charge >= 0.3 is 0 Å². The summed E-state index contributed by atoms with van der Waals surface area (Å²) in [6.07, 6.45) is 0.406. The Kier molecular flexibility index (Phi) is 6.96. The van der Waals surface area contributed by atoms with Crippen LogP contribution in [-0.4, -0.2) is 44.2 Å². The molecule has 6 nitrogen and oxygen atoms in total. The highest BCUT2D eigenvalue weighted by Crippen LogP contribution is 2.26. The molecule has 0 unspecified atom stereocenters. The van der Waals surface area contributed by atoms with E-state index in [9.17, 15) is 9.59 Å². The number of morpholine rings is 1. The SMILES string of the molecule is O=C(N[C@@H](Cc1ccccc1)C(=O)Nc1ccccc1N1CCOCC1)c1cccs1. The van der Waals surface area contributed by atoms with Crippen LogP contribution in [0.15, 0.2) is 72.1 Å². The fourth-order valence-corrected chi connectivity index (χ4v) is 4.20. The average molecular weight is 436 g/mol. The topological polar surface area (TPSA) is 70.7 Å². The normalized spacial score (nSPS) is 14.6. The largest absolute Gasteiger partial charge is 0.378 e. The van der Waals surface area contributed by atoms with Crippen LogP contribution in [0.4, 0.5) is 11.4 Å². The van der Waals surface area contributed by atoms with Gasteiger partial charge in [-0.15, -0.1) is 11.3 Å². The molecule has 1 saturated heterocycles. The lowest BCUT2D eigenvalue weighted by atomic mass is 10.0. The first kappa shape index (κ1) is 21.1. The van der Waals surface area contributed by atoms with Gasteiger partial charge in [0, 0.05) is 19.5 Å². The standard InChI is InChI=1S/C24H25N3O3S/c28-23(25-19-9-4-5-10-21(19)27-12-14-30-15-13-27)20(17-18-7-2-1-3-8-18)26-24(29)22-11-6-16-31-22/h1-11,16,20H,12-15,17H2,(H,25,28)(H,26,29)/t20-/m0/s1. The zero-order valence-corrected chi connectivity index (χ0v) is 17.9. The average Bonchev–Trinajstić information content (AvgIpc) is 3.35. The van der Waals surface area contributed by atoms with Crippen molar-refractivity contribution in [3.63, 3.8) is 0 Å². The molecule has 0 radical (unpaired) electrons. The Hall–Kier alpha value is -3.16. The van der Waals surface area contributed by atoms with E-state index in [0.717, 1.165) is 30.0 Å². The second-order valence-electron chi connectivity index (χ2n) is 7.30. The molecule has 2 amide bonds. The summed E-state index contributed by atoms with van der Waals surface area (Å²) in [7, 11) is 0. The first-order chi connectivity index (χ1) is 15.2. The van der Waals surface area contributed by atoms with Crippen molar-refractivity contribution in [2.24, 2.45) is 0 Å². The van der Waals surface area contributed by atoms with Gasteiger partial charge in [-0.1, -0.05) is 48.5 Å². The number of para-hydroxylation sites is 2. The third kappa shape index (κ3) is 5.51. The maximum Gasteiger partial charge on any atom is 0.262 e. The summed E-state index contributed by atoms with van der Waals surface area (Å²) >= 11 is 1.35. The van der Waals surface area contributed by atoms with Crippen LogP contribution in [0.2, 0.25) is 0 Å². The molecule has 1 aliphatic rings. The van der Waals surface area contributed by atoms with Crippen molar-refractivity contribution in [2.75, 3.05) is 36.5 Å². The van der Waals surface area contributed by atoms with Crippen LogP contribution < -0.4 is 15.5 Å². The molecule has 2 N–H and O–H groups in total. The van der Waals surface area contributed by atoms with Crippen LogP contribution in [0.1, 0.15) is 15.2 Å². The predicted octanol–water partition coefficient (Wildman–Crippen LogP) is 3.56. The Labute approximate surface area is 185 Å².